The zero-order chi connectivity index (χ0) is 31.5. The Morgan fingerprint density at radius 3 is 2.50 bits per heavy atom. The molecule has 13 heteroatoms. The first-order valence-corrected chi connectivity index (χ1v) is 14.4. The van der Waals surface area contributed by atoms with Crippen molar-refractivity contribution in [3.05, 3.63) is 65.5 Å². The molecule has 44 heavy (non-hydrogen) atoms. The van der Waals surface area contributed by atoms with Gasteiger partial charge in [0.15, 0.2) is 29.0 Å². The van der Waals surface area contributed by atoms with E-state index >= 15 is 0 Å². The van der Waals surface area contributed by atoms with E-state index in [4.69, 9.17) is 14.9 Å². The van der Waals surface area contributed by atoms with Gasteiger partial charge in [0.25, 0.3) is 5.91 Å². The molecular weight excluding hydrogens is 578 g/mol. The molecule has 2 fully saturated rings. The highest BCUT2D eigenvalue weighted by atomic mass is 19.3. The first kappa shape index (κ1) is 30.9. The topological polar surface area (TPSA) is 148 Å². The number of carboxylic acids is 1. The number of amides is 2. The van der Waals surface area contributed by atoms with Crippen LogP contribution >= 0.6 is 0 Å². The number of halogens is 2. The molecule has 5 rings (SSSR count). The second-order valence-corrected chi connectivity index (χ2v) is 11.1. The molecule has 2 heterocycles. The van der Waals surface area contributed by atoms with Gasteiger partial charge in [0.05, 0.1) is 12.6 Å². The number of hydrogen-bond donors (Lipinski definition) is 2. The van der Waals surface area contributed by atoms with Crippen molar-refractivity contribution >= 4 is 17.8 Å². The van der Waals surface area contributed by atoms with Crippen LogP contribution in [-0.4, -0.2) is 70.5 Å². The van der Waals surface area contributed by atoms with Crippen molar-refractivity contribution < 1.29 is 42.2 Å². The summed E-state index contributed by atoms with van der Waals surface area (Å²) in [5, 5.41) is 9.93. The van der Waals surface area contributed by atoms with E-state index in [0.717, 1.165) is 17.7 Å². The second kappa shape index (κ2) is 13.0. The standard InChI is InChI=1S/C31H34F2N4O7/c1-17(34)26-24(35-27(44-26)20-12-13-22(43-31(32)33)23(15-20)42-16-18-10-11-18)29(39)37-14-6-9-21(37)28(38)36(2)25(30(40)41)19-7-4-3-5-8-19/h3-5,7-8,12-13,15,17-18,21,25,31H,6,9-11,14,16,34H2,1-2H3,(H,40,41)/t17-,21-,25-/m0/s1. The number of aromatic nitrogens is 1. The fourth-order valence-electron chi connectivity index (χ4n) is 5.29. The number of alkyl halides is 2. The van der Waals surface area contributed by atoms with Gasteiger partial charge in [-0.1, -0.05) is 30.3 Å². The first-order chi connectivity index (χ1) is 21.0. The molecule has 1 aliphatic carbocycles. The van der Waals surface area contributed by atoms with E-state index in [-0.39, 0.29) is 35.4 Å². The van der Waals surface area contributed by atoms with E-state index in [0.29, 0.717) is 36.5 Å². The van der Waals surface area contributed by atoms with Crippen LogP contribution in [0, 0.1) is 5.92 Å². The van der Waals surface area contributed by atoms with Crippen LogP contribution in [0.4, 0.5) is 8.78 Å². The predicted octanol–water partition coefficient (Wildman–Crippen LogP) is 4.64. The van der Waals surface area contributed by atoms with Crippen LogP contribution in [0.1, 0.15) is 66.5 Å². The number of ether oxygens (including phenoxy) is 2. The maximum Gasteiger partial charge on any atom is 0.387 e. The van der Waals surface area contributed by atoms with Gasteiger partial charge in [-0.25, -0.2) is 9.78 Å². The number of carbonyl (C=O) groups is 3. The van der Waals surface area contributed by atoms with Crippen molar-refractivity contribution in [3.63, 3.8) is 0 Å². The third kappa shape index (κ3) is 6.67. The minimum absolute atomic E-state index is 0.00901. The van der Waals surface area contributed by atoms with Gasteiger partial charge in [-0.05, 0) is 62.3 Å². The molecule has 1 aliphatic heterocycles. The number of benzene rings is 2. The number of carboxylic acid groups (broad SMARTS) is 1. The number of rotatable bonds is 12. The zero-order valence-electron chi connectivity index (χ0n) is 24.3. The lowest BCUT2D eigenvalue weighted by molar-refractivity contribution is -0.150. The van der Waals surface area contributed by atoms with Gasteiger partial charge in [-0.3, -0.25) is 9.59 Å². The lowest BCUT2D eigenvalue weighted by Gasteiger charge is -2.31. The highest BCUT2D eigenvalue weighted by Crippen LogP contribution is 2.37. The van der Waals surface area contributed by atoms with Gasteiger partial charge >= 0.3 is 12.6 Å². The zero-order valence-corrected chi connectivity index (χ0v) is 24.3. The minimum Gasteiger partial charge on any atom is -0.489 e. The third-order valence-corrected chi connectivity index (χ3v) is 7.73. The number of oxazole rings is 1. The summed E-state index contributed by atoms with van der Waals surface area (Å²) >= 11 is 0. The van der Waals surface area contributed by atoms with E-state index in [1.165, 1.54) is 30.1 Å². The molecule has 0 radical (unpaired) electrons. The molecular formula is C31H34F2N4O7. The monoisotopic (exact) mass is 612 g/mol. The fraction of sp³-hybridized carbons (Fsp3) is 0.419. The maximum atomic E-state index is 13.9. The number of hydrogen-bond acceptors (Lipinski definition) is 8. The average Bonchev–Trinajstić information content (AvgIpc) is 3.49. The van der Waals surface area contributed by atoms with Gasteiger partial charge in [-0.2, -0.15) is 8.78 Å². The highest BCUT2D eigenvalue weighted by Gasteiger charge is 2.41. The Labute approximate surface area is 252 Å². The summed E-state index contributed by atoms with van der Waals surface area (Å²) in [6, 6.07) is 9.69. The third-order valence-electron chi connectivity index (χ3n) is 7.73. The molecule has 2 aromatic carbocycles. The molecule has 0 spiro atoms. The van der Waals surface area contributed by atoms with Crippen molar-refractivity contribution in [2.45, 2.75) is 57.3 Å². The molecule has 1 saturated heterocycles. The Hall–Kier alpha value is -4.52. The fourth-order valence-corrected chi connectivity index (χ4v) is 5.29. The number of nitrogens with two attached hydrogens (primary N) is 1. The smallest absolute Gasteiger partial charge is 0.387 e. The molecule has 11 nitrogen and oxygen atoms in total. The van der Waals surface area contributed by atoms with Crippen LogP contribution in [0.2, 0.25) is 0 Å². The molecule has 3 aromatic rings. The number of aliphatic carboxylic acids is 1. The second-order valence-electron chi connectivity index (χ2n) is 11.1. The van der Waals surface area contributed by atoms with Crippen LogP contribution in [0.5, 0.6) is 11.5 Å². The predicted molar refractivity (Wildman–Crippen MR) is 153 cm³/mol. The summed E-state index contributed by atoms with van der Waals surface area (Å²) in [7, 11) is 1.40. The van der Waals surface area contributed by atoms with Gasteiger partial charge in [-0.15, -0.1) is 0 Å². The van der Waals surface area contributed by atoms with Crippen molar-refractivity contribution in [1.82, 2.24) is 14.8 Å². The Morgan fingerprint density at radius 2 is 1.86 bits per heavy atom. The van der Waals surface area contributed by atoms with E-state index in [2.05, 4.69) is 9.72 Å². The molecule has 2 aliphatic rings. The van der Waals surface area contributed by atoms with Crippen molar-refractivity contribution in [2.24, 2.45) is 11.7 Å². The van der Waals surface area contributed by atoms with E-state index in [1.54, 1.807) is 37.3 Å². The van der Waals surface area contributed by atoms with Crippen LogP contribution in [-0.2, 0) is 9.59 Å². The molecule has 3 N–H and O–H groups in total. The molecule has 3 atom stereocenters. The number of nitrogens with zero attached hydrogens (tertiary/aromatic N) is 3. The SMILES string of the molecule is C[C@H](N)c1oc(-c2ccc(OC(F)F)c(OCC3CC3)c2)nc1C(=O)N1CCC[C@H]1C(=O)N(C)[C@H](C(=O)O)c1ccccc1. The summed E-state index contributed by atoms with van der Waals surface area (Å²) in [6.07, 6.45) is 2.84. The van der Waals surface area contributed by atoms with Gasteiger partial charge in [0.2, 0.25) is 11.8 Å². The molecule has 1 saturated carbocycles. The number of likely N-dealkylation sites (N-methyl/N-ethyl adjacent to an activating group) is 1. The summed E-state index contributed by atoms with van der Waals surface area (Å²) in [5.41, 5.74) is 6.83. The maximum absolute atomic E-state index is 13.9. The number of carbonyl (C=O) groups excluding carboxylic acids is 2. The van der Waals surface area contributed by atoms with Crippen LogP contribution in [0.15, 0.2) is 52.9 Å². The number of likely N-dealkylation sites (tertiary alicyclic amines) is 1. The van der Waals surface area contributed by atoms with E-state index in [9.17, 15) is 28.3 Å². The Balaban J connectivity index is 1.42. The molecule has 234 valence electrons. The van der Waals surface area contributed by atoms with Crippen molar-refractivity contribution in [2.75, 3.05) is 20.2 Å². The molecule has 0 unspecified atom stereocenters. The summed E-state index contributed by atoms with van der Waals surface area (Å²) in [6.45, 7) is -0.850. The summed E-state index contributed by atoms with van der Waals surface area (Å²) in [5.74, 6) is -1.93. The largest absolute Gasteiger partial charge is 0.489 e. The van der Waals surface area contributed by atoms with Crippen LogP contribution in [0.25, 0.3) is 11.5 Å². The summed E-state index contributed by atoms with van der Waals surface area (Å²) in [4.78, 5) is 46.6. The van der Waals surface area contributed by atoms with Gasteiger partial charge in [0.1, 0.15) is 6.04 Å². The Bertz CT molecular complexity index is 1510. The quantitative estimate of drug-likeness (QED) is 0.298. The van der Waals surface area contributed by atoms with Gasteiger partial charge in [0, 0.05) is 19.2 Å². The lowest BCUT2D eigenvalue weighted by atomic mass is 10.0. The van der Waals surface area contributed by atoms with Crippen molar-refractivity contribution in [3.8, 4) is 23.0 Å². The van der Waals surface area contributed by atoms with Crippen LogP contribution in [0.3, 0.4) is 0 Å². The van der Waals surface area contributed by atoms with E-state index < -0.39 is 42.5 Å². The minimum atomic E-state index is -3.05. The lowest BCUT2D eigenvalue weighted by Crippen LogP contribution is -2.49. The molecule has 1 aromatic heterocycles. The Kier molecular flexibility index (Phi) is 9.14. The summed E-state index contributed by atoms with van der Waals surface area (Å²) < 4.78 is 42.3. The molecule has 2 amide bonds. The van der Waals surface area contributed by atoms with Crippen LogP contribution < -0.4 is 15.2 Å². The van der Waals surface area contributed by atoms with Gasteiger partial charge < -0.3 is 34.5 Å². The normalized spacial score (nSPS) is 17.8. The van der Waals surface area contributed by atoms with Crippen molar-refractivity contribution in [1.29, 1.82) is 0 Å². The first-order valence-electron chi connectivity index (χ1n) is 14.4. The average molecular weight is 613 g/mol. The Morgan fingerprint density at radius 1 is 1.14 bits per heavy atom. The highest BCUT2D eigenvalue weighted by molar-refractivity contribution is 5.98. The van der Waals surface area contributed by atoms with E-state index in [1.807, 2.05) is 0 Å². The molecule has 0 bridgehead atoms.